The quantitative estimate of drug-likeness (QED) is 0.481. The van der Waals surface area contributed by atoms with Crippen LogP contribution < -0.4 is 0 Å². The molecule has 1 amide bonds. The molecule has 1 N–H and O–H groups in total. The Morgan fingerprint density at radius 1 is 1.37 bits per heavy atom. The van der Waals surface area contributed by atoms with Gasteiger partial charge in [0.05, 0.1) is 6.21 Å². The Kier molecular flexibility index (Phi) is 3.46. The monoisotopic (exact) mass is 262 g/mol. The number of oxime groups is 1. The van der Waals surface area contributed by atoms with Crippen molar-refractivity contribution in [2.24, 2.45) is 5.16 Å². The van der Waals surface area contributed by atoms with E-state index in [2.05, 4.69) is 5.16 Å². The first kappa shape index (κ1) is 13.4. The highest BCUT2D eigenvalue weighted by atomic mass is 16.6. The van der Waals surface area contributed by atoms with Gasteiger partial charge >= 0.3 is 6.09 Å². The molecule has 5 heteroatoms. The molecule has 0 aliphatic carbocycles. The van der Waals surface area contributed by atoms with Gasteiger partial charge in [-0.05, 0) is 43.5 Å². The Morgan fingerprint density at radius 2 is 2.05 bits per heavy atom. The van der Waals surface area contributed by atoms with E-state index in [1.54, 1.807) is 4.90 Å². The van der Waals surface area contributed by atoms with Crippen LogP contribution in [-0.2, 0) is 17.8 Å². The second-order valence-electron chi connectivity index (χ2n) is 5.61. The van der Waals surface area contributed by atoms with E-state index < -0.39 is 5.60 Å². The van der Waals surface area contributed by atoms with Crippen LogP contribution in [0.5, 0.6) is 0 Å². The molecule has 0 unspecified atom stereocenters. The molecule has 0 fully saturated rings. The summed E-state index contributed by atoms with van der Waals surface area (Å²) in [6, 6.07) is 5.72. The van der Waals surface area contributed by atoms with Crippen LogP contribution in [0.4, 0.5) is 4.79 Å². The van der Waals surface area contributed by atoms with Gasteiger partial charge in [0.1, 0.15) is 5.60 Å². The summed E-state index contributed by atoms with van der Waals surface area (Å²) in [5.74, 6) is 0. The molecule has 0 saturated carbocycles. The first-order valence-electron chi connectivity index (χ1n) is 6.16. The summed E-state index contributed by atoms with van der Waals surface area (Å²) in [7, 11) is 0. The van der Waals surface area contributed by atoms with Gasteiger partial charge in [-0.15, -0.1) is 0 Å². The third kappa shape index (κ3) is 3.24. The van der Waals surface area contributed by atoms with Crippen molar-refractivity contribution in [2.75, 3.05) is 0 Å². The minimum Gasteiger partial charge on any atom is -0.444 e. The molecule has 1 heterocycles. The van der Waals surface area contributed by atoms with Crippen LogP contribution in [0, 0.1) is 0 Å². The molecule has 1 aromatic rings. The molecule has 19 heavy (non-hydrogen) atoms. The van der Waals surface area contributed by atoms with E-state index in [4.69, 9.17) is 9.94 Å². The smallest absolute Gasteiger partial charge is 0.410 e. The van der Waals surface area contributed by atoms with Crippen LogP contribution in [0.2, 0.25) is 0 Å². The standard InChI is InChI=1S/C14H18N2O3/c1-14(2,3)19-13(17)16-8-11-5-4-10(7-15-18)6-12(11)9-16/h4-7,18H,8-9H2,1-3H3. The molecule has 2 rings (SSSR count). The number of carbonyl (C=O) groups is 1. The topological polar surface area (TPSA) is 62.1 Å². The molecule has 0 saturated heterocycles. The molecule has 102 valence electrons. The van der Waals surface area contributed by atoms with Crippen molar-refractivity contribution in [2.45, 2.75) is 39.5 Å². The van der Waals surface area contributed by atoms with Gasteiger partial charge in [0.15, 0.2) is 0 Å². The molecule has 5 nitrogen and oxygen atoms in total. The van der Waals surface area contributed by atoms with Gasteiger partial charge in [-0.3, -0.25) is 4.90 Å². The minimum atomic E-state index is -0.486. The van der Waals surface area contributed by atoms with Crippen molar-refractivity contribution in [3.63, 3.8) is 0 Å². The largest absolute Gasteiger partial charge is 0.444 e. The van der Waals surface area contributed by atoms with E-state index >= 15 is 0 Å². The zero-order valence-electron chi connectivity index (χ0n) is 11.4. The summed E-state index contributed by atoms with van der Waals surface area (Å²) in [5, 5.41) is 11.5. The summed E-state index contributed by atoms with van der Waals surface area (Å²) in [6.45, 7) is 6.63. The van der Waals surface area contributed by atoms with Gasteiger partial charge in [-0.25, -0.2) is 4.79 Å². The summed E-state index contributed by atoms with van der Waals surface area (Å²) in [4.78, 5) is 13.6. The van der Waals surface area contributed by atoms with Crippen LogP contribution in [0.15, 0.2) is 23.4 Å². The van der Waals surface area contributed by atoms with Crippen molar-refractivity contribution in [1.29, 1.82) is 0 Å². The van der Waals surface area contributed by atoms with E-state index in [0.717, 1.165) is 16.7 Å². The lowest BCUT2D eigenvalue weighted by Crippen LogP contribution is -2.33. The molecule has 0 aromatic heterocycles. The fourth-order valence-corrected chi connectivity index (χ4v) is 2.02. The first-order valence-corrected chi connectivity index (χ1v) is 6.16. The Hall–Kier alpha value is -2.04. The Morgan fingerprint density at radius 3 is 2.68 bits per heavy atom. The number of nitrogens with zero attached hydrogens (tertiary/aromatic N) is 2. The highest BCUT2D eigenvalue weighted by Crippen LogP contribution is 2.25. The van der Waals surface area contributed by atoms with Gasteiger partial charge in [0.25, 0.3) is 0 Å². The first-order chi connectivity index (χ1) is 8.89. The van der Waals surface area contributed by atoms with E-state index in [0.29, 0.717) is 13.1 Å². The second kappa shape index (κ2) is 4.91. The highest BCUT2D eigenvalue weighted by molar-refractivity contribution is 5.80. The summed E-state index contributed by atoms with van der Waals surface area (Å²) in [5.41, 5.74) is 2.48. The zero-order valence-corrected chi connectivity index (χ0v) is 11.4. The average Bonchev–Trinajstić information content (AvgIpc) is 2.70. The molecule has 0 spiro atoms. The number of amides is 1. The third-order valence-corrected chi connectivity index (χ3v) is 2.81. The van der Waals surface area contributed by atoms with E-state index in [-0.39, 0.29) is 6.09 Å². The number of benzene rings is 1. The average molecular weight is 262 g/mol. The van der Waals surface area contributed by atoms with Gasteiger partial charge in [-0.1, -0.05) is 17.3 Å². The van der Waals surface area contributed by atoms with Gasteiger partial charge in [0, 0.05) is 13.1 Å². The SMILES string of the molecule is CC(C)(C)OC(=O)N1Cc2ccc(C=NO)cc2C1. The third-order valence-electron chi connectivity index (χ3n) is 2.81. The molecule has 1 aromatic carbocycles. The predicted octanol–water partition coefficient (Wildman–Crippen LogP) is 2.75. The molecular weight excluding hydrogens is 244 g/mol. The van der Waals surface area contributed by atoms with Crippen LogP contribution in [-0.4, -0.2) is 28.0 Å². The Labute approximate surface area is 112 Å². The van der Waals surface area contributed by atoms with Crippen molar-refractivity contribution < 1.29 is 14.7 Å². The fourth-order valence-electron chi connectivity index (χ4n) is 2.02. The maximum atomic E-state index is 12.0. The van der Waals surface area contributed by atoms with Crippen LogP contribution in [0.25, 0.3) is 0 Å². The maximum absolute atomic E-state index is 12.0. The second-order valence-corrected chi connectivity index (χ2v) is 5.61. The highest BCUT2D eigenvalue weighted by Gasteiger charge is 2.27. The van der Waals surface area contributed by atoms with E-state index in [1.807, 2.05) is 39.0 Å². The Bertz CT molecular complexity index is 518. The molecule has 1 aliphatic rings. The normalized spacial score (nSPS) is 14.8. The van der Waals surface area contributed by atoms with Crippen molar-refractivity contribution in [3.8, 4) is 0 Å². The fraction of sp³-hybridized carbons (Fsp3) is 0.429. The minimum absolute atomic E-state index is 0.305. The lowest BCUT2D eigenvalue weighted by Gasteiger charge is -2.24. The Balaban J connectivity index is 2.10. The predicted molar refractivity (Wildman–Crippen MR) is 71.3 cm³/mol. The number of hydrogen-bond acceptors (Lipinski definition) is 4. The van der Waals surface area contributed by atoms with E-state index in [1.165, 1.54) is 6.21 Å². The van der Waals surface area contributed by atoms with E-state index in [9.17, 15) is 4.79 Å². The van der Waals surface area contributed by atoms with Crippen LogP contribution >= 0.6 is 0 Å². The molecular formula is C14H18N2O3. The van der Waals surface area contributed by atoms with Gasteiger partial charge < -0.3 is 9.94 Å². The molecule has 1 aliphatic heterocycles. The number of ether oxygens (including phenoxy) is 1. The van der Waals surface area contributed by atoms with Crippen molar-refractivity contribution in [1.82, 2.24) is 4.90 Å². The van der Waals surface area contributed by atoms with Gasteiger partial charge in [-0.2, -0.15) is 0 Å². The number of fused-ring (bicyclic) bond motifs is 1. The number of hydrogen-bond donors (Lipinski definition) is 1. The lowest BCUT2D eigenvalue weighted by atomic mass is 10.1. The van der Waals surface area contributed by atoms with Crippen LogP contribution in [0.3, 0.4) is 0 Å². The van der Waals surface area contributed by atoms with Gasteiger partial charge in [0.2, 0.25) is 0 Å². The summed E-state index contributed by atoms with van der Waals surface area (Å²) < 4.78 is 5.35. The molecule has 0 radical (unpaired) electrons. The zero-order chi connectivity index (χ0) is 14.0. The molecule has 0 atom stereocenters. The van der Waals surface area contributed by atoms with Crippen LogP contribution in [0.1, 0.15) is 37.5 Å². The summed E-state index contributed by atoms with van der Waals surface area (Å²) >= 11 is 0. The number of rotatable bonds is 1. The van der Waals surface area contributed by atoms with Crippen molar-refractivity contribution >= 4 is 12.3 Å². The van der Waals surface area contributed by atoms with Crippen molar-refractivity contribution in [3.05, 3.63) is 34.9 Å². The maximum Gasteiger partial charge on any atom is 0.410 e. The lowest BCUT2D eigenvalue weighted by molar-refractivity contribution is 0.0242. The summed E-state index contributed by atoms with van der Waals surface area (Å²) in [6.07, 6.45) is 1.07. The molecule has 0 bridgehead atoms. The number of carbonyl (C=O) groups excluding carboxylic acids is 1.